The third-order valence-electron chi connectivity index (χ3n) is 4.82. The number of nitro benzene ring substituents is 1. The van der Waals surface area contributed by atoms with Crippen LogP contribution in [-0.4, -0.2) is 42.0 Å². The van der Waals surface area contributed by atoms with Gasteiger partial charge in [-0.15, -0.1) is 12.8 Å². The maximum atomic E-state index is 12.9. The van der Waals surface area contributed by atoms with Crippen LogP contribution in [-0.2, 0) is 19.1 Å². The maximum absolute atomic E-state index is 12.9. The Kier molecular flexibility index (Phi) is 7.00. The van der Waals surface area contributed by atoms with Crippen molar-refractivity contribution < 1.29 is 24.0 Å². The lowest BCUT2D eigenvalue weighted by atomic mass is 9.79. The van der Waals surface area contributed by atoms with E-state index in [-0.39, 0.29) is 35.6 Å². The van der Waals surface area contributed by atoms with Crippen molar-refractivity contribution in [2.45, 2.75) is 19.8 Å². The van der Waals surface area contributed by atoms with Crippen molar-refractivity contribution in [1.29, 1.82) is 0 Å². The first-order chi connectivity index (χ1) is 14.3. The van der Waals surface area contributed by atoms with Gasteiger partial charge in [-0.05, 0) is 13.8 Å². The molecule has 1 aliphatic rings. The zero-order valence-corrected chi connectivity index (χ0v) is 16.8. The first-order valence-electron chi connectivity index (χ1n) is 8.85. The highest BCUT2D eigenvalue weighted by molar-refractivity contribution is 6.00. The van der Waals surface area contributed by atoms with E-state index in [1.807, 2.05) is 0 Å². The number of nitrogens with zero attached hydrogens (tertiary/aromatic N) is 2. The highest BCUT2D eigenvalue weighted by atomic mass is 16.6. The molecule has 1 aromatic rings. The van der Waals surface area contributed by atoms with E-state index < -0.39 is 22.8 Å². The van der Waals surface area contributed by atoms with E-state index in [9.17, 15) is 19.7 Å². The number of carbonyl (C=O) groups is 2. The summed E-state index contributed by atoms with van der Waals surface area (Å²) in [5.74, 6) is 1.75. The number of ether oxygens (including phenoxy) is 2. The summed E-state index contributed by atoms with van der Waals surface area (Å²) in [5.41, 5.74) is 0.935. The molecule has 0 N–H and O–H groups in total. The molecular formula is C22H20N2O6. The summed E-state index contributed by atoms with van der Waals surface area (Å²) in [7, 11) is 1.66. The molecule has 0 aromatic heterocycles. The molecule has 0 aliphatic carbocycles. The molecule has 0 spiro atoms. The number of rotatable bonds is 6. The van der Waals surface area contributed by atoms with Crippen molar-refractivity contribution in [2.24, 2.45) is 0 Å². The Hall–Kier alpha value is -4.04. The van der Waals surface area contributed by atoms with Gasteiger partial charge in [-0.25, -0.2) is 9.59 Å². The van der Waals surface area contributed by atoms with Crippen LogP contribution in [0.2, 0.25) is 0 Å². The minimum Gasteiger partial charge on any atom is -0.449 e. The van der Waals surface area contributed by atoms with Gasteiger partial charge in [0.25, 0.3) is 5.69 Å². The van der Waals surface area contributed by atoms with Crippen LogP contribution in [0.15, 0.2) is 46.8 Å². The molecule has 0 unspecified atom stereocenters. The minimum atomic E-state index is -1.10. The average molecular weight is 408 g/mol. The zero-order chi connectivity index (χ0) is 22.4. The lowest BCUT2D eigenvalue weighted by Gasteiger charge is -2.35. The molecule has 0 saturated carbocycles. The summed E-state index contributed by atoms with van der Waals surface area (Å²) in [5, 5.41) is 11.7. The van der Waals surface area contributed by atoms with Crippen molar-refractivity contribution in [3.05, 3.63) is 62.5 Å². The van der Waals surface area contributed by atoms with Gasteiger partial charge in [0, 0.05) is 30.1 Å². The molecule has 1 aromatic carbocycles. The SMILES string of the molecule is C#CCOC(=O)C1=C(C)N(C)C(C)=C(C(=O)OCC#C)C1c1ccccc1[N+](=O)[O-]. The number of hydrogen-bond donors (Lipinski definition) is 0. The van der Waals surface area contributed by atoms with E-state index in [1.54, 1.807) is 31.9 Å². The number of para-hydroxylation sites is 1. The third kappa shape index (κ3) is 4.18. The van der Waals surface area contributed by atoms with E-state index in [0.29, 0.717) is 11.4 Å². The zero-order valence-electron chi connectivity index (χ0n) is 16.8. The largest absolute Gasteiger partial charge is 0.449 e. The number of terminal acetylenes is 2. The van der Waals surface area contributed by atoms with Gasteiger partial charge in [-0.2, -0.15) is 0 Å². The molecule has 8 nitrogen and oxygen atoms in total. The second kappa shape index (κ2) is 9.44. The van der Waals surface area contributed by atoms with Gasteiger partial charge in [0.05, 0.1) is 22.0 Å². The summed E-state index contributed by atoms with van der Waals surface area (Å²) in [4.78, 5) is 38.5. The molecule has 1 aliphatic heterocycles. The minimum absolute atomic E-state index is 0.0558. The monoisotopic (exact) mass is 408 g/mol. The summed E-state index contributed by atoms with van der Waals surface area (Å²) >= 11 is 0. The number of nitro groups is 1. The van der Waals surface area contributed by atoms with Crippen LogP contribution in [0.5, 0.6) is 0 Å². The lowest BCUT2D eigenvalue weighted by Crippen LogP contribution is -2.34. The van der Waals surface area contributed by atoms with Gasteiger partial charge in [-0.1, -0.05) is 30.0 Å². The topological polar surface area (TPSA) is 99.0 Å². The van der Waals surface area contributed by atoms with E-state index >= 15 is 0 Å². The van der Waals surface area contributed by atoms with E-state index in [1.165, 1.54) is 18.2 Å². The third-order valence-corrected chi connectivity index (χ3v) is 4.82. The van der Waals surface area contributed by atoms with Crippen LogP contribution in [0, 0.1) is 34.8 Å². The van der Waals surface area contributed by atoms with Gasteiger partial charge < -0.3 is 14.4 Å². The first kappa shape index (κ1) is 22.3. The molecule has 154 valence electrons. The fraction of sp³-hybridized carbons (Fsp3) is 0.273. The van der Waals surface area contributed by atoms with E-state index in [0.717, 1.165) is 0 Å². The Balaban J connectivity index is 2.79. The molecule has 0 bridgehead atoms. The number of allylic oxidation sites excluding steroid dienone is 2. The Morgan fingerprint density at radius 2 is 1.53 bits per heavy atom. The molecule has 0 amide bonds. The smallest absolute Gasteiger partial charge is 0.337 e. The standard InChI is InChI=1S/C22H20N2O6/c1-6-12-29-21(25)18-14(3)23(5)15(4)19(22(26)30-13-7-2)20(18)16-10-8-9-11-17(16)24(27)28/h1-2,8-11,20H,12-13H2,3-5H3. The van der Waals surface area contributed by atoms with Crippen LogP contribution >= 0.6 is 0 Å². The maximum Gasteiger partial charge on any atom is 0.337 e. The molecule has 8 heteroatoms. The van der Waals surface area contributed by atoms with Crippen molar-refractivity contribution in [3.63, 3.8) is 0 Å². The molecule has 0 fully saturated rings. The highest BCUT2D eigenvalue weighted by Crippen LogP contribution is 2.44. The second-order valence-electron chi connectivity index (χ2n) is 6.37. The summed E-state index contributed by atoms with van der Waals surface area (Å²) in [6, 6.07) is 5.86. The van der Waals surface area contributed by atoms with Gasteiger partial charge in [-0.3, -0.25) is 10.1 Å². The molecule has 1 heterocycles. The van der Waals surface area contributed by atoms with E-state index in [2.05, 4.69) is 11.8 Å². The lowest BCUT2D eigenvalue weighted by molar-refractivity contribution is -0.385. The van der Waals surface area contributed by atoms with Crippen molar-refractivity contribution >= 4 is 17.6 Å². The fourth-order valence-electron chi connectivity index (χ4n) is 3.28. The van der Waals surface area contributed by atoms with E-state index in [4.69, 9.17) is 22.3 Å². The summed E-state index contributed by atoms with van der Waals surface area (Å²) < 4.78 is 10.2. The fourth-order valence-corrected chi connectivity index (χ4v) is 3.28. The normalized spacial score (nSPS) is 14.1. The molecule has 0 radical (unpaired) electrons. The summed E-state index contributed by atoms with van der Waals surface area (Å²) in [6.07, 6.45) is 10.4. The molecule has 2 rings (SSSR count). The average Bonchev–Trinajstić information content (AvgIpc) is 2.73. The van der Waals surface area contributed by atoms with Gasteiger partial charge in [0.1, 0.15) is 0 Å². The second-order valence-corrected chi connectivity index (χ2v) is 6.37. The van der Waals surface area contributed by atoms with Gasteiger partial charge in [0.2, 0.25) is 0 Å². The van der Waals surface area contributed by atoms with Crippen molar-refractivity contribution in [3.8, 4) is 24.7 Å². The molecule has 0 atom stereocenters. The van der Waals surface area contributed by atoms with Gasteiger partial charge in [0.15, 0.2) is 13.2 Å². The Labute approximate surface area is 174 Å². The van der Waals surface area contributed by atoms with Crippen LogP contribution in [0.1, 0.15) is 25.3 Å². The predicted octanol–water partition coefficient (Wildman–Crippen LogP) is 2.52. The predicted molar refractivity (Wildman–Crippen MR) is 109 cm³/mol. The molecular weight excluding hydrogens is 388 g/mol. The van der Waals surface area contributed by atoms with Crippen LogP contribution in [0.3, 0.4) is 0 Å². The van der Waals surface area contributed by atoms with Crippen molar-refractivity contribution in [1.82, 2.24) is 4.90 Å². The number of carbonyl (C=O) groups excluding carboxylic acids is 2. The molecule has 0 saturated heterocycles. The summed E-state index contributed by atoms with van der Waals surface area (Å²) in [6.45, 7) is 2.73. The Morgan fingerprint density at radius 3 is 1.97 bits per heavy atom. The van der Waals surface area contributed by atoms with Crippen LogP contribution in [0.4, 0.5) is 5.69 Å². The van der Waals surface area contributed by atoms with Crippen LogP contribution in [0.25, 0.3) is 0 Å². The highest BCUT2D eigenvalue weighted by Gasteiger charge is 2.42. The number of esters is 2. The Morgan fingerprint density at radius 1 is 1.07 bits per heavy atom. The number of hydrogen-bond acceptors (Lipinski definition) is 7. The van der Waals surface area contributed by atoms with Crippen molar-refractivity contribution in [2.75, 3.05) is 20.3 Å². The quantitative estimate of drug-likeness (QED) is 0.309. The van der Waals surface area contributed by atoms with Crippen LogP contribution < -0.4 is 0 Å². The molecule has 30 heavy (non-hydrogen) atoms. The first-order valence-corrected chi connectivity index (χ1v) is 8.85. The number of benzene rings is 1. The Bertz CT molecular complexity index is 984. The van der Waals surface area contributed by atoms with Gasteiger partial charge >= 0.3 is 11.9 Å².